The van der Waals surface area contributed by atoms with Crippen molar-refractivity contribution in [3.05, 3.63) is 28.8 Å². The Morgan fingerprint density at radius 1 is 1.26 bits per heavy atom. The van der Waals surface area contributed by atoms with Gasteiger partial charge in [-0.25, -0.2) is 0 Å². The third kappa shape index (κ3) is 2.75. The van der Waals surface area contributed by atoms with Crippen molar-refractivity contribution in [3.8, 4) is 5.75 Å². The highest BCUT2D eigenvalue weighted by atomic mass is 35.5. The van der Waals surface area contributed by atoms with Crippen molar-refractivity contribution in [1.29, 1.82) is 0 Å². The van der Waals surface area contributed by atoms with E-state index in [1.54, 1.807) is 0 Å². The molecule has 3 heteroatoms. The quantitative estimate of drug-likeness (QED) is 0.887. The Balaban J connectivity index is 1.77. The maximum atomic E-state index is 6.36. The zero-order valence-electron chi connectivity index (χ0n) is 11.3. The summed E-state index contributed by atoms with van der Waals surface area (Å²) in [6.45, 7) is 1.52. The number of nitrogens with two attached hydrogens (primary N) is 1. The fraction of sp³-hybridized carbons (Fsp3) is 0.625. The summed E-state index contributed by atoms with van der Waals surface area (Å²) in [4.78, 5) is 0. The lowest BCUT2D eigenvalue weighted by atomic mass is 9.79. The Hall–Kier alpha value is -0.730. The molecule has 2 aliphatic rings. The van der Waals surface area contributed by atoms with E-state index in [9.17, 15) is 0 Å². The van der Waals surface area contributed by atoms with E-state index in [-0.39, 0.29) is 5.41 Å². The molecule has 2 fully saturated rings. The van der Waals surface area contributed by atoms with Crippen LogP contribution in [0.2, 0.25) is 5.02 Å². The molecule has 2 N–H and O–H groups in total. The summed E-state index contributed by atoms with van der Waals surface area (Å²) < 4.78 is 5.78. The van der Waals surface area contributed by atoms with Gasteiger partial charge in [0.15, 0.2) is 0 Å². The highest BCUT2D eigenvalue weighted by molar-refractivity contribution is 6.32. The minimum Gasteiger partial charge on any atom is -0.492 e. The highest BCUT2D eigenvalue weighted by Gasteiger charge is 2.34. The first-order valence-corrected chi connectivity index (χ1v) is 7.74. The third-order valence-electron chi connectivity index (χ3n) is 4.67. The standard InChI is InChI=1S/C16H22ClNO/c17-14-9-13(16(11-18)7-1-2-8-16)5-6-15(14)19-10-12-3-4-12/h5-6,9,12H,1-4,7-8,10-11,18H2. The first-order valence-electron chi connectivity index (χ1n) is 7.36. The van der Waals surface area contributed by atoms with E-state index in [1.807, 2.05) is 6.07 Å². The molecule has 1 aromatic carbocycles. The number of benzene rings is 1. The topological polar surface area (TPSA) is 35.2 Å². The van der Waals surface area contributed by atoms with Crippen molar-refractivity contribution in [3.63, 3.8) is 0 Å². The summed E-state index contributed by atoms with van der Waals surface area (Å²) in [5.41, 5.74) is 7.46. The molecule has 0 spiro atoms. The Bertz CT molecular complexity index is 450. The van der Waals surface area contributed by atoms with Crippen molar-refractivity contribution >= 4 is 11.6 Å². The monoisotopic (exact) mass is 279 g/mol. The van der Waals surface area contributed by atoms with E-state index in [4.69, 9.17) is 22.1 Å². The number of halogens is 1. The van der Waals surface area contributed by atoms with Gasteiger partial charge in [-0.2, -0.15) is 0 Å². The van der Waals surface area contributed by atoms with E-state index >= 15 is 0 Å². The molecule has 0 radical (unpaired) electrons. The van der Waals surface area contributed by atoms with Crippen LogP contribution < -0.4 is 10.5 Å². The van der Waals surface area contributed by atoms with Gasteiger partial charge in [0.1, 0.15) is 5.75 Å². The smallest absolute Gasteiger partial charge is 0.137 e. The summed E-state index contributed by atoms with van der Waals surface area (Å²) in [6, 6.07) is 6.25. The molecule has 104 valence electrons. The average Bonchev–Trinajstić information content (AvgIpc) is 3.13. The fourth-order valence-electron chi connectivity index (χ4n) is 3.10. The van der Waals surface area contributed by atoms with E-state index in [0.717, 1.165) is 23.3 Å². The Morgan fingerprint density at radius 2 is 2.00 bits per heavy atom. The second kappa shape index (κ2) is 5.34. The van der Waals surface area contributed by atoms with Crippen LogP contribution in [0.5, 0.6) is 5.75 Å². The number of rotatable bonds is 5. The van der Waals surface area contributed by atoms with Crippen molar-refractivity contribution in [2.45, 2.75) is 43.9 Å². The minimum atomic E-state index is 0.151. The van der Waals surface area contributed by atoms with E-state index in [0.29, 0.717) is 6.54 Å². The first kappa shape index (κ1) is 13.3. The molecule has 2 nitrogen and oxygen atoms in total. The van der Waals surface area contributed by atoms with Gasteiger partial charge in [0.05, 0.1) is 11.6 Å². The van der Waals surface area contributed by atoms with Crippen LogP contribution in [0, 0.1) is 5.92 Å². The molecule has 2 aliphatic carbocycles. The van der Waals surface area contributed by atoms with Crippen LogP contribution in [0.1, 0.15) is 44.1 Å². The van der Waals surface area contributed by atoms with Gasteiger partial charge in [0.25, 0.3) is 0 Å². The van der Waals surface area contributed by atoms with Crippen LogP contribution in [0.3, 0.4) is 0 Å². The van der Waals surface area contributed by atoms with Gasteiger partial charge in [-0.1, -0.05) is 30.5 Å². The molecular formula is C16H22ClNO. The van der Waals surface area contributed by atoms with Crippen LogP contribution >= 0.6 is 11.6 Å². The van der Waals surface area contributed by atoms with Crippen LogP contribution in [0.25, 0.3) is 0 Å². The molecule has 0 aliphatic heterocycles. The molecule has 19 heavy (non-hydrogen) atoms. The van der Waals surface area contributed by atoms with Crippen LogP contribution in [0.4, 0.5) is 0 Å². The first-order chi connectivity index (χ1) is 9.23. The summed E-state index contributed by atoms with van der Waals surface area (Å²) in [5, 5.41) is 0.734. The molecule has 0 heterocycles. The van der Waals surface area contributed by atoms with Crippen LogP contribution in [-0.2, 0) is 5.41 Å². The third-order valence-corrected chi connectivity index (χ3v) is 4.96. The predicted molar refractivity (Wildman–Crippen MR) is 78.9 cm³/mol. The SMILES string of the molecule is NCC1(c2ccc(OCC3CC3)c(Cl)c2)CCCC1. The van der Waals surface area contributed by atoms with Gasteiger partial charge in [0, 0.05) is 12.0 Å². The van der Waals surface area contributed by atoms with Gasteiger partial charge in [0.2, 0.25) is 0 Å². The molecule has 1 aromatic rings. The van der Waals surface area contributed by atoms with Gasteiger partial charge in [-0.15, -0.1) is 0 Å². The Morgan fingerprint density at radius 3 is 2.58 bits per heavy atom. The number of hydrogen-bond acceptors (Lipinski definition) is 2. The second-order valence-corrected chi connectivity index (χ2v) is 6.50. The maximum Gasteiger partial charge on any atom is 0.137 e. The largest absolute Gasteiger partial charge is 0.492 e. The molecule has 0 saturated heterocycles. The lowest BCUT2D eigenvalue weighted by molar-refractivity contribution is 0.299. The van der Waals surface area contributed by atoms with Gasteiger partial charge in [-0.3, -0.25) is 0 Å². The molecule has 0 atom stereocenters. The summed E-state index contributed by atoms with van der Waals surface area (Å²) in [5.74, 6) is 1.57. The van der Waals surface area contributed by atoms with E-state index in [1.165, 1.54) is 44.1 Å². The maximum absolute atomic E-state index is 6.36. The highest BCUT2D eigenvalue weighted by Crippen LogP contribution is 2.42. The van der Waals surface area contributed by atoms with Crippen molar-refractivity contribution in [2.75, 3.05) is 13.2 Å². The minimum absolute atomic E-state index is 0.151. The molecule has 3 rings (SSSR count). The molecule has 2 saturated carbocycles. The summed E-state index contributed by atoms with van der Waals surface area (Å²) in [6.07, 6.45) is 7.51. The molecule has 0 unspecified atom stereocenters. The van der Waals surface area contributed by atoms with Crippen molar-refractivity contribution < 1.29 is 4.74 Å². The van der Waals surface area contributed by atoms with Crippen LogP contribution in [0.15, 0.2) is 18.2 Å². The molecule has 0 amide bonds. The van der Waals surface area contributed by atoms with Crippen molar-refractivity contribution in [1.82, 2.24) is 0 Å². The molecule has 0 aromatic heterocycles. The number of ether oxygens (including phenoxy) is 1. The normalized spacial score (nSPS) is 21.6. The Kier molecular flexibility index (Phi) is 3.72. The second-order valence-electron chi connectivity index (χ2n) is 6.09. The van der Waals surface area contributed by atoms with Gasteiger partial charge < -0.3 is 10.5 Å². The lowest BCUT2D eigenvalue weighted by Crippen LogP contribution is -2.31. The molecule has 0 bridgehead atoms. The average molecular weight is 280 g/mol. The van der Waals surface area contributed by atoms with Crippen molar-refractivity contribution in [2.24, 2.45) is 11.7 Å². The Labute approximate surface area is 120 Å². The zero-order valence-corrected chi connectivity index (χ0v) is 12.1. The summed E-state index contributed by atoms with van der Waals surface area (Å²) >= 11 is 6.36. The molecular weight excluding hydrogens is 258 g/mol. The lowest BCUT2D eigenvalue weighted by Gasteiger charge is -2.28. The summed E-state index contributed by atoms with van der Waals surface area (Å²) in [7, 11) is 0. The van der Waals surface area contributed by atoms with Crippen LogP contribution in [-0.4, -0.2) is 13.2 Å². The zero-order chi connectivity index (χ0) is 13.3. The number of hydrogen-bond donors (Lipinski definition) is 1. The van der Waals surface area contributed by atoms with E-state index in [2.05, 4.69) is 12.1 Å². The van der Waals surface area contributed by atoms with Gasteiger partial charge in [-0.05, 0) is 49.3 Å². The predicted octanol–water partition coefficient (Wildman–Crippen LogP) is 3.90. The fourth-order valence-corrected chi connectivity index (χ4v) is 3.34. The van der Waals surface area contributed by atoms with Gasteiger partial charge >= 0.3 is 0 Å². The van der Waals surface area contributed by atoms with E-state index < -0.39 is 0 Å².